The van der Waals surface area contributed by atoms with Gasteiger partial charge in [0.15, 0.2) is 0 Å². The highest BCUT2D eigenvalue weighted by molar-refractivity contribution is 5.87. The monoisotopic (exact) mass is 262 g/mol. The lowest BCUT2D eigenvalue weighted by molar-refractivity contribution is -0.129. The molecule has 5 atom stereocenters. The molecule has 3 aliphatic carbocycles. The van der Waals surface area contributed by atoms with E-state index in [4.69, 9.17) is 0 Å². The van der Waals surface area contributed by atoms with Gasteiger partial charge in [-0.1, -0.05) is 18.6 Å². The molecule has 0 heterocycles. The Balaban J connectivity index is 1.77. The van der Waals surface area contributed by atoms with E-state index in [1.807, 2.05) is 6.92 Å². The van der Waals surface area contributed by atoms with Crippen LogP contribution in [0.2, 0.25) is 0 Å². The van der Waals surface area contributed by atoms with E-state index in [0.29, 0.717) is 11.7 Å². The molecule has 1 N–H and O–H groups in total. The van der Waals surface area contributed by atoms with Crippen LogP contribution in [0, 0.1) is 23.2 Å². The molecule has 0 amide bonds. The molecule has 0 aliphatic heterocycles. The lowest BCUT2D eigenvalue weighted by Gasteiger charge is -2.47. The van der Waals surface area contributed by atoms with Gasteiger partial charge in [-0.15, -0.1) is 0 Å². The Morgan fingerprint density at radius 3 is 3.00 bits per heavy atom. The van der Waals surface area contributed by atoms with Gasteiger partial charge in [0.2, 0.25) is 0 Å². The van der Waals surface area contributed by atoms with Crippen molar-refractivity contribution >= 4 is 5.78 Å². The van der Waals surface area contributed by atoms with Crippen LogP contribution in [0.25, 0.3) is 0 Å². The Labute approximate surface area is 116 Å². The van der Waals surface area contributed by atoms with Crippen LogP contribution in [0.3, 0.4) is 0 Å². The fourth-order valence-electron chi connectivity index (χ4n) is 5.02. The molecule has 2 fully saturated rings. The van der Waals surface area contributed by atoms with Crippen molar-refractivity contribution in [2.24, 2.45) is 23.2 Å². The van der Waals surface area contributed by atoms with Crippen LogP contribution in [0.1, 0.15) is 58.8 Å². The van der Waals surface area contributed by atoms with E-state index >= 15 is 0 Å². The van der Waals surface area contributed by atoms with Crippen molar-refractivity contribution in [3.8, 4) is 0 Å². The SMILES string of the molecule is CC(O)CC1=CC[C@@H]2[C@H](CC[C@]3(C)C(=O)CC[C@@H]23)C1. The van der Waals surface area contributed by atoms with E-state index in [1.165, 1.54) is 12.0 Å². The first-order valence-electron chi connectivity index (χ1n) is 7.90. The molecule has 0 aromatic carbocycles. The third kappa shape index (κ3) is 2.18. The molecule has 0 saturated heterocycles. The molecule has 3 aliphatic rings. The summed E-state index contributed by atoms with van der Waals surface area (Å²) in [6, 6.07) is 0. The second-order valence-corrected chi connectivity index (χ2v) is 7.30. The smallest absolute Gasteiger partial charge is 0.139 e. The van der Waals surface area contributed by atoms with Gasteiger partial charge in [-0.05, 0) is 63.2 Å². The zero-order valence-electron chi connectivity index (χ0n) is 12.2. The number of hydrogen-bond acceptors (Lipinski definition) is 2. The minimum Gasteiger partial charge on any atom is -0.393 e. The van der Waals surface area contributed by atoms with Crippen molar-refractivity contribution in [3.63, 3.8) is 0 Å². The fraction of sp³-hybridized carbons (Fsp3) is 0.824. The van der Waals surface area contributed by atoms with E-state index in [2.05, 4.69) is 13.0 Å². The molecule has 2 saturated carbocycles. The zero-order chi connectivity index (χ0) is 13.6. The summed E-state index contributed by atoms with van der Waals surface area (Å²) in [6.45, 7) is 4.10. The van der Waals surface area contributed by atoms with Crippen molar-refractivity contribution in [1.82, 2.24) is 0 Å². The maximum Gasteiger partial charge on any atom is 0.139 e. The Hall–Kier alpha value is -0.630. The van der Waals surface area contributed by atoms with E-state index in [1.54, 1.807) is 0 Å². The van der Waals surface area contributed by atoms with Gasteiger partial charge in [0.25, 0.3) is 0 Å². The molecule has 0 bridgehead atoms. The largest absolute Gasteiger partial charge is 0.393 e. The number of Topliss-reactive ketones (excluding diaryl/α,β-unsaturated/α-hetero) is 1. The lowest BCUT2D eigenvalue weighted by Crippen LogP contribution is -2.42. The van der Waals surface area contributed by atoms with Gasteiger partial charge in [-0.25, -0.2) is 0 Å². The maximum atomic E-state index is 12.2. The number of carbonyl (C=O) groups is 1. The quantitative estimate of drug-likeness (QED) is 0.773. The highest BCUT2D eigenvalue weighted by atomic mass is 16.3. The van der Waals surface area contributed by atoms with Crippen molar-refractivity contribution < 1.29 is 9.90 Å². The van der Waals surface area contributed by atoms with Crippen LogP contribution >= 0.6 is 0 Å². The van der Waals surface area contributed by atoms with Crippen LogP contribution in [0.4, 0.5) is 0 Å². The number of ketones is 1. The summed E-state index contributed by atoms with van der Waals surface area (Å²) < 4.78 is 0. The van der Waals surface area contributed by atoms with Gasteiger partial charge >= 0.3 is 0 Å². The minimum absolute atomic E-state index is 0.00319. The molecule has 0 aromatic heterocycles. The van der Waals surface area contributed by atoms with Crippen molar-refractivity contribution in [2.45, 2.75) is 64.9 Å². The molecule has 0 spiro atoms. The Kier molecular flexibility index (Phi) is 3.33. The molecular weight excluding hydrogens is 236 g/mol. The number of hydrogen-bond donors (Lipinski definition) is 1. The topological polar surface area (TPSA) is 37.3 Å². The molecule has 0 aromatic rings. The summed E-state index contributed by atoms with van der Waals surface area (Å²) in [5.74, 6) is 2.64. The van der Waals surface area contributed by atoms with Crippen LogP contribution in [-0.2, 0) is 4.79 Å². The minimum atomic E-state index is -0.218. The Morgan fingerprint density at radius 1 is 1.47 bits per heavy atom. The summed E-state index contributed by atoms with van der Waals surface area (Å²) in [7, 11) is 0. The summed E-state index contributed by atoms with van der Waals surface area (Å²) in [5, 5.41) is 9.54. The predicted molar refractivity (Wildman–Crippen MR) is 75.7 cm³/mol. The molecule has 2 nitrogen and oxygen atoms in total. The van der Waals surface area contributed by atoms with Crippen molar-refractivity contribution in [2.75, 3.05) is 0 Å². The highest BCUT2D eigenvalue weighted by Gasteiger charge is 2.53. The number of allylic oxidation sites excluding steroid dienone is 1. The number of aliphatic hydroxyl groups is 1. The Bertz CT molecular complexity index is 409. The van der Waals surface area contributed by atoms with Gasteiger partial charge in [-0.3, -0.25) is 4.79 Å². The normalized spacial score (nSPS) is 43.4. The maximum absolute atomic E-state index is 12.2. The number of rotatable bonds is 2. The number of fused-ring (bicyclic) bond motifs is 3. The highest BCUT2D eigenvalue weighted by Crippen LogP contribution is 2.57. The first-order chi connectivity index (χ1) is 9.00. The van der Waals surface area contributed by atoms with Crippen LogP contribution in [-0.4, -0.2) is 17.0 Å². The van der Waals surface area contributed by atoms with Crippen molar-refractivity contribution in [3.05, 3.63) is 11.6 Å². The van der Waals surface area contributed by atoms with E-state index in [-0.39, 0.29) is 11.5 Å². The summed E-state index contributed by atoms with van der Waals surface area (Å²) in [6.07, 6.45) is 9.53. The third-order valence-corrected chi connectivity index (χ3v) is 6.06. The van der Waals surface area contributed by atoms with Crippen molar-refractivity contribution in [1.29, 1.82) is 0 Å². The predicted octanol–water partition coefficient (Wildman–Crippen LogP) is 3.49. The van der Waals surface area contributed by atoms with Gasteiger partial charge in [0.1, 0.15) is 5.78 Å². The molecule has 106 valence electrons. The molecule has 1 unspecified atom stereocenters. The molecule has 3 rings (SSSR count). The van der Waals surface area contributed by atoms with Crippen LogP contribution in [0.5, 0.6) is 0 Å². The van der Waals surface area contributed by atoms with Crippen LogP contribution in [0.15, 0.2) is 11.6 Å². The summed E-state index contributed by atoms with van der Waals surface area (Å²) >= 11 is 0. The Morgan fingerprint density at radius 2 is 2.26 bits per heavy atom. The summed E-state index contributed by atoms with van der Waals surface area (Å²) in [5.41, 5.74) is 1.45. The van der Waals surface area contributed by atoms with Gasteiger partial charge in [0.05, 0.1) is 6.10 Å². The third-order valence-electron chi connectivity index (χ3n) is 6.06. The first-order valence-corrected chi connectivity index (χ1v) is 7.90. The molecular formula is C17H26O2. The number of aliphatic hydroxyl groups excluding tert-OH is 1. The van der Waals surface area contributed by atoms with E-state index in [9.17, 15) is 9.90 Å². The second kappa shape index (κ2) is 4.73. The van der Waals surface area contributed by atoms with Gasteiger partial charge in [0, 0.05) is 11.8 Å². The standard InChI is InChI=1S/C17H26O2/c1-11(18)9-12-3-4-14-13(10-12)7-8-17(2)15(14)5-6-16(17)19/h3,11,13-15,18H,4-10H2,1-2H3/t11?,13-,14-,15+,17+/m1/s1. The summed E-state index contributed by atoms with van der Waals surface area (Å²) in [4.78, 5) is 12.2. The first kappa shape index (κ1) is 13.4. The fourth-order valence-corrected chi connectivity index (χ4v) is 5.02. The zero-order valence-corrected chi connectivity index (χ0v) is 12.2. The average molecular weight is 262 g/mol. The van der Waals surface area contributed by atoms with E-state index in [0.717, 1.165) is 50.4 Å². The molecule has 2 heteroatoms. The molecule has 19 heavy (non-hydrogen) atoms. The number of carbonyl (C=O) groups excluding carboxylic acids is 1. The lowest BCUT2D eigenvalue weighted by atomic mass is 9.57. The van der Waals surface area contributed by atoms with Crippen LogP contribution < -0.4 is 0 Å². The van der Waals surface area contributed by atoms with E-state index < -0.39 is 0 Å². The molecule has 0 radical (unpaired) electrons. The van der Waals surface area contributed by atoms with Gasteiger partial charge < -0.3 is 5.11 Å². The average Bonchev–Trinajstić information content (AvgIpc) is 2.65. The van der Waals surface area contributed by atoms with Gasteiger partial charge in [-0.2, -0.15) is 0 Å². The second-order valence-electron chi connectivity index (χ2n) is 7.30.